The van der Waals surface area contributed by atoms with Crippen molar-refractivity contribution in [2.75, 3.05) is 13.2 Å². The molecule has 13 heavy (non-hydrogen) atoms. The van der Waals surface area contributed by atoms with Crippen molar-refractivity contribution in [2.24, 2.45) is 0 Å². The van der Waals surface area contributed by atoms with E-state index in [9.17, 15) is 8.42 Å². The lowest BCUT2D eigenvalue weighted by atomic mass is 10.3. The van der Waals surface area contributed by atoms with Gasteiger partial charge in [-0.3, -0.25) is 0 Å². The van der Waals surface area contributed by atoms with Gasteiger partial charge in [-0.15, -0.1) is 0 Å². The van der Waals surface area contributed by atoms with Crippen LogP contribution in [0.5, 0.6) is 0 Å². The molecular weight excluding hydrogens is 214 g/mol. The summed E-state index contributed by atoms with van der Waals surface area (Å²) in [5.74, 6) is 0. The zero-order chi connectivity index (χ0) is 10.3. The summed E-state index contributed by atoms with van der Waals surface area (Å²) in [5, 5.41) is 0. The van der Waals surface area contributed by atoms with Gasteiger partial charge in [0.2, 0.25) is 0 Å². The lowest BCUT2D eigenvalue weighted by Crippen LogP contribution is -2.19. The van der Waals surface area contributed by atoms with Gasteiger partial charge >= 0.3 is 0 Å². The summed E-state index contributed by atoms with van der Waals surface area (Å²) in [5.41, 5.74) is 0. The van der Waals surface area contributed by atoms with Crippen molar-refractivity contribution in [3.63, 3.8) is 0 Å². The molecule has 0 fully saturated rings. The van der Waals surface area contributed by atoms with Crippen LogP contribution in [0.2, 0.25) is 0 Å². The third-order valence-electron chi connectivity index (χ3n) is 1.30. The van der Waals surface area contributed by atoms with Crippen LogP contribution in [0.25, 0.3) is 0 Å². The van der Waals surface area contributed by atoms with Crippen molar-refractivity contribution < 1.29 is 13.2 Å². The fourth-order valence-electron chi connectivity index (χ4n) is 0.740. The molecule has 0 saturated heterocycles. The second kappa shape index (κ2) is 6.59. The lowest BCUT2D eigenvalue weighted by Gasteiger charge is -2.06. The first-order valence-electron chi connectivity index (χ1n) is 4.22. The highest BCUT2D eigenvalue weighted by Crippen LogP contribution is 1.95. The Labute approximate surface area is 84.2 Å². The Morgan fingerprint density at radius 1 is 1.38 bits per heavy atom. The van der Waals surface area contributed by atoms with Gasteiger partial charge in [-0.2, -0.15) is 8.42 Å². The van der Waals surface area contributed by atoms with Gasteiger partial charge in [-0.05, 0) is 26.7 Å². The maximum Gasteiger partial charge on any atom is 0.297 e. The number of ether oxygens (including phenoxy) is 1. The molecule has 0 radical (unpaired) electrons. The summed E-state index contributed by atoms with van der Waals surface area (Å²) in [4.78, 5) is 0. The Kier molecular flexibility index (Phi) is 6.67. The quantitative estimate of drug-likeness (QED) is 0.528. The Bertz CT molecular complexity index is 216. The van der Waals surface area contributed by atoms with Crippen molar-refractivity contribution in [3.05, 3.63) is 0 Å². The van der Waals surface area contributed by atoms with Gasteiger partial charge in [-0.1, -0.05) is 0 Å². The molecule has 0 atom stereocenters. The molecule has 0 aliphatic heterocycles. The van der Waals surface area contributed by atoms with E-state index in [0.717, 1.165) is 12.8 Å². The standard InChI is InChI=1S/C7H16ClNO3S/c1-7(2)12-6-4-3-5-9-13(8,10)11/h7,9H,3-6H2,1-2H3. The maximum absolute atomic E-state index is 10.4. The zero-order valence-corrected chi connectivity index (χ0v) is 9.49. The number of hydrogen-bond acceptors (Lipinski definition) is 3. The van der Waals surface area contributed by atoms with Crippen LogP contribution in [0, 0.1) is 0 Å². The Morgan fingerprint density at radius 2 is 2.00 bits per heavy atom. The predicted octanol–water partition coefficient (Wildman–Crippen LogP) is 1.26. The topological polar surface area (TPSA) is 55.4 Å². The fraction of sp³-hybridized carbons (Fsp3) is 1.00. The molecule has 0 saturated carbocycles. The summed E-state index contributed by atoms with van der Waals surface area (Å²) >= 11 is 0. The molecule has 0 aliphatic carbocycles. The molecule has 0 aromatic rings. The molecule has 0 rings (SSSR count). The molecule has 0 spiro atoms. The minimum absolute atomic E-state index is 0.227. The van der Waals surface area contributed by atoms with E-state index in [-0.39, 0.29) is 6.10 Å². The highest BCUT2D eigenvalue weighted by molar-refractivity contribution is 8.12. The number of unbranched alkanes of at least 4 members (excludes halogenated alkanes) is 1. The maximum atomic E-state index is 10.4. The highest BCUT2D eigenvalue weighted by Gasteiger charge is 2.01. The summed E-state index contributed by atoms with van der Waals surface area (Å²) in [6, 6.07) is 0. The molecule has 0 unspecified atom stereocenters. The van der Waals surface area contributed by atoms with Crippen molar-refractivity contribution >= 4 is 19.9 Å². The number of halogens is 1. The molecule has 0 bridgehead atoms. The molecule has 0 aromatic carbocycles. The van der Waals surface area contributed by atoms with Crippen LogP contribution in [0.4, 0.5) is 0 Å². The van der Waals surface area contributed by atoms with Crippen LogP contribution in [0.1, 0.15) is 26.7 Å². The van der Waals surface area contributed by atoms with Gasteiger partial charge in [0.15, 0.2) is 0 Å². The van der Waals surface area contributed by atoms with E-state index in [2.05, 4.69) is 4.72 Å². The second-order valence-electron chi connectivity index (χ2n) is 2.96. The van der Waals surface area contributed by atoms with E-state index >= 15 is 0 Å². The monoisotopic (exact) mass is 229 g/mol. The summed E-state index contributed by atoms with van der Waals surface area (Å²) in [7, 11) is 1.38. The first-order valence-corrected chi connectivity index (χ1v) is 6.53. The van der Waals surface area contributed by atoms with E-state index in [4.69, 9.17) is 15.4 Å². The predicted molar refractivity (Wildman–Crippen MR) is 53.1 cm³/mol. The van der Waals surface area contributed by atoms with Gasteiger partial charge in [0.25, 0.3) is 9.24 Å². The Hall–Kier alpha value is 0.160. The van der Waals surface area contributed by atoms with Gasteiger partial charge in [0.1, 0.15) is 0 Å². The smallest absolute Gasteiger partial charge is 0.297 e. The van der Waals surface area contributed by atoms with E-state index in [1.807, 2.05) is 13.8 Å². The van der Waals surface area contributed by atoms with Gasteiger partial charge in [0, 0.05) is 23.8 Å². The Morgan fingerprint density at radius 3 is 2.46 bits per heavy atom. The SMILES string of the molecule is CC(C)OCCCCNS(=O)(=O)Cl. The number of nitrogens with one attached hydrogen (secondary N) is 1. The van der Waals surface area contributed by atoms with Crippen LogP contribution in [-0.2, 0) is 14.0 Å². The lowest BCUT2D eigenvalue weighted by molar-refractivity contribution is 0.0762. The molecule has 0 aromatic heterocycles. The summed E-state index contributed by atoms with van der Waals surface area (Å²) in [6.45, 7) is 4.94. The normalized spacial score (nSPS) is 12.3. The minimum Gasteiger partial charge on any atom is -0.379 e. The molecule has 0 aliphatic rings. The molecule has 6 heteroatoms. The van der Waals surface area contributed by atoms with Crippen molar-refractivity contribution in [2.45, 2.75) is 32.8 Å². The largest absolute Gasteiger partial charge is 0.379 e. The molecule has 1 N–H and O–H groups in total. The third kappa shape index (κ3) is 12.2. The van der Waals surface area contributed by atoms with Gasteiger partial charge in [-0.25, -0.2) is 4.72 Å². The van der Waals surface area contributed by atoms with Crippen LogP contribution in [0.3, 0.4) is 0 Å². The zero-order valence-electron chi connectivity index (χ0n) is 7.92. The molecule has 80 valence electrons. The van der Waals surface area contributed by atoms with Crippen LogP contribution in [-0.4, -0.2) is 27.7 Å². The Balaban J connectivity index is 3.18. The average molecular weight is 230 g/mol. The highest BCUT2D eigenvalue weighted by atomic mass is 35.7. The first kappa shape index (κ1) is 13.2. The van der Waals surface area contributed by atoms with Crippen LogP contribution < -0.4 is 4.72 Å². The van der Waals surface area contributed by atoms with Gasteiger partial charge < -0.3 is 4.74 Å². The van der Waals surface area contributed by atoms with Crippen molar-refractivity contribution in [1.82, 2.24) is 4.72 Å². The van der Waals surface area contributed by atoms with E-state index in [0.29, 0.717) is 13.2 Å². The van der Waals surface area contributed by atoms with E-state index in [1.165, 1.54) is 0 Å². The second-order valence-corrected chi connectivity index (χ2v) is 5.34. The van der Waals surface area contributed by atoms with E-state index in [1.54, 1.807) is 0 Å². The van der Waals surface area contributed by atoms with Crippen LogP contribution in [0.15, 0.2) is 0 Å². The van der Waals surface area contributed by atoms with Crippen molar-refractivity contribution in [3.8, 4) is 0 Å². The van der Waals surface area contributed by atoms with Crippen LogP contribution >= 0.6 is 10.7 Å². The first-order chi connectivity index (χ1) is 5.92. The number of rotatable bonds is 7. The number of hydrogen-bond donors (Lipinski definition) is 1. The summed E-state index contributed by atoms with van der Waals surface area (Å²) < 4.78 is 28.2. The van der Waals surface area contributed by atoms with Gasteiger partial charge in [0.05, 0.1) is 6.10 Å². The third-order valence-corrected chi connectivity index (χ3v) is 2.17. The fourth-order valence-corrected chi connectivity index (χ4v) is 1.36. The minimum atomic E-state index is -3.55. The van der Waals surface area contributed by atoms with E-state index < -0.39 is 9.24 Å². The average Bonchev–Trinajstić information content (AvgIpc) is 1.93. The molecule has 0 heterocycles. The molecule has 4 nitrogen and oxygen atoms in total. The molecule has 0 amide bonds. The molecular formula is C7H16ClNO3S. The van der Waals surface area contributed by atoms with Crippen molar-refractivity contribution in [1.29, 1.82) is 0 Å². The summed E-state index contributed by atoms with van der Waals surface area (Å²) in [6.07, 6.45) is 1.79.